The normalized spacial score (nSPS) is 26.4. The van der Waals surface area contributed by atoms with Crippen LogP contribution in [0.3, 0.4) is 0 Å². The summed E-state index contributed by atoms with van der Waals surface area (Å²) in [6.45, 7) is 4.10. The molecule has 3 heteroatoms. The van der Waals surface area contributed by atoms with Crippen molar-refractivity contribution in [3.05, 3.63) is 35.4 Å². The van der Waals surface area contributed by atoms with E-state index in [0.29, 0.717) is 6.42 Å². The van der Waals surface area contributed by atoms with Gasteiger partial charge in [0.1, 0.15) is 0 Å². The molecular formula is C15H20O3. The minimum atomic E-state index is -0.382. The molecule has 0 heterocycles. The molecule has 0 fully saturated rings. The van der Waals surface area contributed by atoms with E-state index >= 15 is 0 Å². The highest BCUT2D eigenvalue weighted by Crippen LogP contribution is 2.45. The third kappa shape index (κ3) is 1.99. The van der Waals surface area contributed by atoms with Crippen LogP contribution < -0.4 is 9.47 Å². The maximum atomic E-state index is 9.71. The summed E-state index contributed by atoms with van der Waals surface area (Å²) >= 11 is 0. The molecule has 0 saturated carbocycles. The molecule has 0 aromatic heterocycles. The Labute approximate surface area is 108 Å². The summed E-state index contributed by atoms with van der Waals surface area (Å²) in [4.78, 5) is 0. The van der Waals surface area contributed by atoms with Crippen LogP contribution >= 0.6 is 0 Å². The lowest BCUT2D eigenvalue weighted by Gasteiger charge is -2.27. The van der Waals surface area contributed by atoms with Gasteiger partial charge in [0.25, 0.3) is 0 Å². The summed E-state index contributed by atoms with van der Waals surface area (Å²) in [7, 11) is 3.30. The zero-order valence-corrected chi connectivity index (χ0v) is 11.4. The maximum Gasteiger partial charge on any atom is 0.165 e. The van der Waals surface area contributed by atoms with Crippen molar-refractivity contribution in [3.63, 3.8) is 0 Å². The molecule has 0 spiro atoms. The molecule has 98 valence electrons. The lowest BCUT2D eigenvalue weighted by atomic mass is 9.80. The Bertz CT molecular complexity index is 479. The van der Waals surface area contributed by atoms with Gasteiger partial charge < -0.3 is 14.6 Å². The van der Waals surface area contributed by atoms with Crippen LogP contribution in [-0.4, -0.2) is 25.4 Å². The highest BCUT2D eigenvalue weighted by atomic mass is 16.5. The fraction of sp³-hybridized carbons (Fsp3) is 0.467. The number of benzene rings is 1. The van der Waals surface area contributed by atoms with Gasteiger partial charge in [0.05, 0.1) is 20.3 Å². The van der Waals surface area contributed by atoms with E-state index in [0.717, 1.165) is 22.6 Å². The molecule has 2 unspecified atom stereocenters. The van der Waals surface area contributed by atoms with Crippen LogP contribution in [0.1, 0.15) is 24.5 Å². The molecule has 0 bridgehead atoms. The van der Waals surface area contributed by atoms with Crippen LogP contribution in [0, 0.1) is 6.92 Å². The SMILES string of the molecule is COc1c(C)ccc(C2(C)C=CC(O)C2)c1OC. The van der Waals surface area contributed by atoms with Crippen LogP contribution in [-0.2, 0) is 5.41 Å². The molecule has 0 amide bonds. The number of allylic oxidation sites excluding steroid dienone is 1. The lowest BCUT2D eigenvalue weighted by molar-refractivity contribution is 0.204. The Hall–Kier alpha value is -1.48. The fourth-order valence-electron chi connectivity index (χ4n) is 2.66. The number of aryl methyl sites for hydroxylation is 1. The van der Waals surface area contributed by atoms with Crippen LogP contribution in [0.25, 0.3) is 0 Å². The number of aliphatic hydroxyl groups is 1. The van der Waals surface area contributed by atoms with Gasteiger partial charge in [-0.2, -0.15) is 0 Å². The van der Waals surface area contributed by atoms with E-state index in [1.165, 1.54) is 0 Å². The standard InChI is InChI=1S/C15H20O3/c1-10-5-6-12(14(18-4)13(10)17-3)15(2)8-7-11(16)9-15/h5-8,11,16H,9H2,1-4H3. The van der Waals surface area contributed by atoms with Gasteiger partial charge in [-0.15, -0.1) is 0 Å². The number of ether oxygens (including phenoxy) is 2. The molecule has 1 aromatic carbocycles. The summed E-state index contributed by atoms with van der Waals surface area (Å²) in [5, 5.41) is 9.71. The van der Waals surface area contributed by atoms with Crippen molar-refractivity contribution in [2.24, 2.45) is 0 Å². The second-order valence-electron chi connectivity index (χ2n) is 5.04. The summed E-state index contributed by atoms with van der Waals surface area (Å²) in [6, 6.07) is 4.08. The van der Waals surface area contributed by atoms with Crippen LogP contribution in [0.5, 0.6) is 11.5 Å². The van der Waals surface area contributed by atoms with Gasteiger partial charge in [-0.25, -0.2) is 0 Å². The first kappa shape index (κ1) is 13.0. The maximum absolute atomic E-state index is 9.71. The monoisotopic (exact) mass is 248 g/mol. The minimum absolute atomic E-state index is 0.203. The van der Waals surface area contributed by atoms with Gasteiger partial charge in [-0.3, -0.25) is 0 Å². The Morgan fingerprint density at radius 1 is 1.22 bits per heavy atom. The van der Waals surface area contributed by atoms with E-state index in [-0.39, 0.29) is 11.5 Å². The van der Waals surface area contributed by atoms with Crippen LogP contribution in [0.2, 0.25) is 0 Å². The average molecular weight is 248 g/mol. The van der Waals surface area contributed by atoms with Gasteiger partial charge in [0, 0.05) is 11.0 Å². The van der Waals surface area contributed by atoms with Crippen molar-refractivity contribution in [1.82, 2.24) is 0 Å². The van der Waals surface area contributed by atoms with E-state index in [4.69, 9.17) is 9.47 Å². The summed E-state index contributed by atoms with van der Waals surface area (Å²) in [5.41, 5.74) is 1.90. The average Bonchev–Trinajstić information content (AvgIpc) is 2.69. The molecule has 0 aliphatic heterocycles. The van der Waals surface area contributed by atoms with Crippen molar-refractivity contribution in [2.45, 2.75) is 31.8 Å². The van der Waals surface area contributed by atoms with Gasteiger partial charge in [-0.1, -0.05) is 31.2 Å². The molecule has 0 radical (unpaired) electrons. The predicted molar refractivity (Wildman–Crippen MR) is 71.4 cm³/mol. The smallest absolute Gasteiger partial charge is 0.165 e. The molecule has 3 nitrogen and oxygen atoms in total. The van der Waals surface area contributed by atoms with Gasteiger partial charge in [0.15, 0.2) is 11.5 Å². The number of methoxy groups -OCH3 is 2. The first-order valence-electron chi connectivity index (χ1n) is 6.11. The Morgan fingerprint density at radius 2 is 1.89 bits per heavy atom. The number of rotatable bonds is 3. The third-order valence-corrected chi connectivity index (χ3v) is 3.65. The summed E-state index contributed by atoms with van der Waals surface area (Å²) < 4.78 is 10.9. The van der Waals surface area contributed by atoms with E-state index in [2.05, 4.69) is 13.0 Å². The largest absolute Gasteiger partial charge is 0.493 e. The molecule has 1 aliphatic carbocycles. The van der Waals surface area contributed by atoms with Crippen LogP contribution in [0.15, 0.2) is 24.3 Å². The molecule has 0 saturated heterocycles. The molecule has 1 aromatic rings. The quantitative estimate of drug-likeness (QED) is 0.836. The molecule has 18 heavy (non-hydrogen) atoms. The minimum Gasteiger partial charge on any atom is -0.493 e. The highest BCUT2D eigenvalue weighted by molar-refractivity contribution is 5.56. The number of aliphatic hydroxyl groups excluding tert-OH is 1. The van der Waals surface area contributed by atoms with Crippen molar-refractivity contribution in [1.29, 1.82) is 0 Å². The van der Waals surface area contributed by atoms with Crippen LogP contribution in [0.4, 0.5) is 0 Å². The van der Waals surface area contributed by atoms with Crippen molar-refractivity contribution in [2.75, 3.05) is 14.2 Å². The summed E-state index contributed by atoms with van der Waals surface area (Å²) in [6.07, 6.45) is 4.18. The lowest BCUT2D eigenvalue weighted by Crippen LogP contribution is -2.20. The first-order chi connectivity index (χ1) is 8.51. The number of hydrogen-bond acceptors (Lipinski definition) is 3. The third-order valence-electron chi connectivity index (χ3n) is 3.65. The zero-order chi connectivity index (χ0) is 13.3. The van der Waals surface area contributed by atoms with Gasteiger partial charge >= 0.3 is 0 Å². The van der Waals surface area contributed by atoms with Gasteiger partial charge in [0.2, 0.25) is 0 Å². The Kier molecular flexibility index (Phi) is 3.35. The van der Waals surface area contributed by atoms with E-state index < -0.39 is 0 Å². The van der Waals surface area contributed by atoms with Crippen molar-refractivity contribution < 1.29 is 14.6 Å². The summed E-state index contributed by atoms with van der Waals surface area (Å²) in [5.74, 6) is 1.53. The Morgan fingerprint density at radius 3 is 2.39 bits per heavy atom. The molecule has 2 atom stereocenters. The zero-order valence-electron chi connectivity index (χ0n) is 11.4. The molecule has 1 aliphatic rings. The van der Waals surface area contributed by atoms with Crippen molar-refractivity contribution >= 4 is 0 Å². The second kappa shape index (κ2) is 4.65. The topological polar surface area (TPSA) is 38.7 Å². The molecular weight excluding hydrogens is 228 g/mol. The van der Waals surface area contributed by atoms with Crippen molar-refractivity contribution in [3.8, 4) is 11.5 Å². The molecule has 2 rings (SSSR count). The van der Waals surface area contributed by atoms with Gasteiger partial charge in [-0.05, 0) is 18.9 Å². The van der Waals surface area contributed by atoms with E-state index in [9.17, 15) is 5.11 Å². The number of hydrogen-bond donors (Lipinski definition) is 1. The Balaban J connectivity index is 2.55. The van der Waals surface area contributed by atoms with E-state index in [1.807, 2.05) is 25.1 Å². The molecule has 1 N–H and O–H groups in total. The van der Waals surface area contributed by atoms with E-state index in [1.54, 1.807) is 14.2 Å². The fourth-order valence-corrected chi connectivity index (χ4v) is 2.66. The second-order valence-corrected chi connectivity index (χ2v) is 5.04. The first-order valence-corrected chi connectivity index (χ1v) is 6.11. The highest BCUT2D eigenvalue weighted by Gasteiger charge is 2.34. The predicted octanol–water partition coefficient (Wildman–Crippen LogP) is 2.59.